The summed E-state index contributed by atoms with van der Waals surface area (Å²) in [5, 5.41) is 3.85. The number of ether oxygens (including phenoxy) is 1. The SMILES string of the molecule is COc1ccccc1C=NOCc1ccc(C(F)F)cc1. The van der Waals surface area contributed by atoms with E-state index in [1.54, 1.807) is 25.5 Å². The molecule has 21 heavy (non-hydrogen) atoms. The molecule has 0 spiro atoms. The van der Waals surface area contributed by atoms with Gasteiger partial charge in [-0.05, 0) is 17.7 Å². The molecule has 0 radical (unpaired) electrons. The highest BCUT2D eigenvalue weighted by molar-refractivity contribution is 5.82. The van der Waals surface area contributed by atoms with Crippen molar-refractivity contribution in [2.75, 3.05) is 7.11 Å². The van der Waals surface area contributed by atoms with Crippen LogP contribution in [-0.2, 0) is 11.4 Å². The van der Waals surface area contributed by atoms with Gasteiger partial charge in [0.2, 0.25) is 0 Å². The highest BCUT2D eigenvalue weighted by Gasteiger charge is 2.05. The van der Waals surface area contributed by atoms with E-state index in [2.05, 4.69) is 5.16 Å². The first-order valence-corrected chi connectivity index (χ1v) is 6.36. The Kier molecular flexibility index (Phi) is 5.26. The summed E-state index contributed by atoms with van der Waals surface area (Å²) in [7, 11) is 1.58. The van der Waals surface area contributed by atoms with Gasteiger partial charge in [-0.15, -0.1) is 0 Å². The molecule has 110 valence electrons. The van der Waals surface area contributed by atoms with Crippen molar-refractivity contribution in [1.29, 1.82) is 0 Å². The maximum atomic E-state index is 12.4. The van der Waals surface area contributed by atoms with Crippen molar-refractivity contribution < 1.29 is 18.4 Å². The van der Waals surface area contributed by atoms with Crippen molar-refractivity contribution in [2.24, 2.45) is 5.16 Å². The van der Waals surface area contributed by atoms with Gasteiger partial charge in [0.25, 0.3) is 6.43 Å². The van der Waals surface area contributed by atoms with Gasteiger partial charge in [0.15, 0.2) is 0 Å². The lowest BCUT2D eigenvalue weighted by atomic mass is 10.1. The first kappa shape index (κ1) is 15.0. The zero-order chi connectivity index (χ0) is 15.1. The minimum atomic E-state index is -2.46. The van der Waals surface area contributed by atoms with Gasteiger partial charge in [0.1, 0.15) is 12.4 Å². The molecule has 0 bridgehead atoms. The second kappa shape index (κ2) is 7.38. The lowest BCUT2D eigenvalue weighted by molar-refractivity contribution is 0.131. The van der Waals surface area contributed by atoms with Crippen LogP contribution in [0.4, 0.5) is 8.78 Å². The van der Waals surface area contributed by atoms with E-state index in [4.69, 9.17) is 9.57 Å². The average molecular weight is 291 g/mol. The van der Waals surface area contributed by atoms with E-state index >= 15 is 0 Å². The van der Waals surface area contributed by atoms with E-state index in [9.17, 15) is 8.78 Å². The zero-order valence-electron chi connectivity index (χ0n) is 11.5. The quantitative estimate of drug-likeness (QED) is 0.590. The standard InChI is InChI=1S/C16H15F2NO2/c1-20-15-5-3-2-4-14(15)10-19-21-11-12-6-8-13(9-7-12)16(17)18/h2-10,16H,11H2,1H3. The Labute approximate surface area is 121 Å². The Bertz CT molecular complexity index is 597. The summed E-state index contributed by atoms with van der Waals surface area (Å²) < 4.78 is 30.0. The second-order valence-electron chi connectivity index (χ2n) is 4.29. The van der Waals surface area contributed by atoms with Crippen molar-refractivity contribution in [3.8, 4) is 5.75 Å². The summed E-state index contributed by atoms with van der Waals surface area (Å²) in [5.41, 5.74) is 1.57. The minimum absolute atomic E-state index is 0.00345. The topological polar surface area (TPSA) is 30.8 Å². The Hall–Kier alpha value is -2.43. The minimum Gasteiger partial charge on any atom is -0.496 e. The van der Waals surface area contributed by atoms with E-state index in [1.807, 2.05) is 24.3 Å². The zero-order valence-corrected chi connectivity index (χ0v) is 11.5. The van der Waals surface area contributed by atoms with Gasteiger partial charge in [0, 0.05) is 11.1 Å². The van der Waals surface area contributed by atoms with Crippen molar-refractivity contribution in [2.45, 2.75) is 13.0 Å². The number of benzene rings is 2. The second-order valence-corrected chi connectivity index (χ2v) is 4.29. The van der Waals surface area contributed by atoms with Crippen LogP contribution >= 0.6 is 0 Å². The van der Waals surface area contributed by atoms with Crippen molar-refractivity contribution in [1.82, 2.24) is 0 Å². The molecule has 0 unspecified atom stereocenters. The van der Waals surface area contributed by atoms with Gasteiger partial charge in [-0.25, -0.2) is 8.78 Å². The van der Waals surface area contributed by atoms with Crippen LogP contribution in [0, 0.1) is 0 Å². The van der Waals surface area contributed by atoms with E-state index in [-0.39, 0.29) is 12.2 Å². The molecule has 0 aromatic heterocycles. The number of hydrogen-bond acceptors (Lipinski definition) is 3. The lowest BCUT2D eigenvalue weighted by Gasteiger charge is -2.04. The van der Waals surface area contributed by atoms with Crippen LogP contribution in [0.3, 0.4) is 0 Å². The molecule has 0 amide bonds. The molecule has 0 aliphatic heterocycles. The fourth-order valence-electron chi connectivity index (χ4n) is 1.74. The molecule has 3 nitrogen and oxygen atoms in total. The molecular weight excluding hydrogens is 276 g/mol. The molecule has 0 heterocycles. The molecular formula is C16H15F2NO2. The van der Waals surface area contributed by atoms with E-state index < -0.39 is 6.43 Å². The molecule has 0 atom stereocenters. The number of alkyl halides is 2. The predicted octanol–water partition coefficient (Wildman–Crippen LogP) is 4.18. The molecule has 0 aliphatic rings. The average Bonchev–Trinajstić information content (AvgIpc) is 2.52. The summed E-state index contributed by atoms with van der Waals surface area (Å²) in [5.74, 6) is 0.700. The molecule has 0 saturated carbocycles. The number of methoxy groups -OCH3 is 1. The summed E-state index contributed by atoms with van der Waals surface area (Å²) in [4.78, 5) is 5.15. The molecule has 2 aromatic rings. The smallest absolute Gasteiger partial charge is 0.263 e. The van der Waals surface area contributed by atoms with E-state index in [0.29, 0.717) is 5.75 Å². The predicted molar refractivity (Wildman–Crippen MR) is 76.8 cm³/mol. The maximum absolute atomic E-state index is 12.4. The number of hydrogen-bond donors (Lipinski definition) is 0. The Morgan fingerprint density at radius 3 is 2.48 bits per heavy atom. The van der Waals surface area contributed by atoms with Crippen LogP contribution in [0.5, 0.6) is 5.75 Å². The summed E-state index contributed by atoms with van der Waals surface area (Å²) in [6.07, 6.45) is -0.907. The third-order valence-electron chi connectivity index (χ3n) is 2.87. The summed E-state index contributed by atoms with van der Waals surface area (Å²) in [6.45, 7) is 0.217. The van der Waals surface area contributed by atoms with E-state index in [0.717, 1.165) is 11.1 Å². The van der Waals surface area contributed by atoms with Crippen molar-refractivity contribution in [3.63, 3.8) is 0 Å². The van der Waals surface area contributed by atoms with Crippen molar-refractivity contribution >= 4 is 6.21 Å². The normalized spacial score (nSPS) is 11.0. The largest absolute Gasteiger partial charge is 0.496 e. The van der Waals surface area contributed by atoms with Gasteiger partial charge >= 0.3 is 0 Å². The van der Waals surface area contributed by atoms with Crippen LogP contribution in [0.15, 0.2) is 53.7 Å². The molecule has 2 aromatic carbocycles. The Balaban J connectivity index is 1.90. The van der Waals surface area contributed by atoms with E-state index in [1.165, 1.54) is 12.1 Å². The van der Waals surface area contributed by atoms with Crippen LogP contribution < -0.4 is 4.74 Å². The third kappa shape index (κ3) is 4.27. The fraction of sp³-hybridized carbons (Fsp3) is 0.188. The Morgan fingerprint density at radius 2 is 1.81 bits per heavy atom. The number of para-hydroxylation sites is 1. The van der Waals surface area contributed by atoms with Crippen molar-refractivity contribution in [3.05, 3.63) is 65.2 Å². The van der Waals surface area contributed by atoms with Crippen LogP contribution in [0.25, 0.3) is 0 Å². The van der Waals surface area contributed by atoms with Gasteiger partial charge in [-0.2, -0.15) is 0 Å². The molecule has 0 fully saturated rings. The number of rotatable bonds is 6. The summed E-state index contributed by atoms with van der Waals surface area (Å²) in [6, 6.07) is 13.4. The molecule has 5 heteroatoms. The highest BCUT2D eigenvalue weighted by Crippen LogP contribution is 2.19. The van der Waals surface area contributed by atoms with Crippen LogP contribution in [0.1, 0.15) is 23.1 Å². The first-order valence-electron chi connectivity index (χ1n) is 6.36. The lowest BCUT2D eigenvalue weighted by Crippen LogP contribution is -1.92. The number of oxime groups is 1. The fourth-order valence-corrected chi connectivity index (χ4v) is 1.74. The van der Waals surface area contributed by atoms with Crippen LogP contribution in [0.2, 0.25) is 0 Å². The molecule has 0 saturated heterocycles. The van der Waals surface area contributed by atoms with Gasteiger partial charge in [0.05, 0.1) is 13.3 Å². The number of halogens is 2. The Morgan fingerprint density at radius 1 is 1.10 bits per heavy atom. The highest BCUT2D eigenvalue weighted by atomic mass is 19.3. The molecule has 2 rings (SSSR count). The van der Waals surface area contributed by atoms with Gasteiger partial charge < -0.3 is 9.57 Å². The monoisotopic (exact) mass is 291 g/mol. The molecule has 0 N–H and O–H groups in total. The van der Waals surface area contributed by atoms with Gasteiger partial charge in [-0.3, -0.25) is 0 Å². The number of nitrogens with zero attached hydrogens (tertiary/aromatic N) is 1. The third-order valence-corrected chi connectivity index (χ3v) is 2.87. The maximum Gasteiger partial charge on any atom is 0.263 e. The summed E-state index contributed by atoms with van der Waals surface area (Å²) >= 11 is 0. The van der Waals surface area contributed by atoms with Crippen LogP contribution in [-0.4, -0.2) is 13.3 Å². The molecule has 0 aliphatic carbocycles. The van der Waals surface area contributed by atoms with Gasteiger partial charge in [-0.1, -0.05) is 41.6 Å². The first-order chi connectivity index (χ1) is 10.2.